The topological polar surface area (TPSA) is 98.2 Å². The summed E-state index contributed by atoms with van der Waals surface area (Å²) in [7, 11) is 1.62. The maximum atomic E-state index is 12.9. The molecule has 8 nitrogen and oxygen atoms in total. The lowest BCUT2D eigenvalue weighted by atomic mass is 10.0. The predicted molar refractivity (Wildman–Crippen MR) is 138 cm³/mol. The van der Waals surface area contributed by atoms with Crippen LogP contribution in [0.15, 0.2) is 66.4 Å². The zero-order chi connectivity index (χ0) is 26.4. The van der Waals surface area contributed by atoms with Crippen molar-refractivity contribution in [3.05, 3.63) is 66.4 Å². The summed E-state index contributed by atoms with van der Waals surface area (Å²) in [6.45, 7) is 5.70. The summed E-state index contributed by atoms with van der Waals surface area (Å²) in [5.74, 6) is 0.291. The quantitative estimate of drug-likeness (QED) is 0.450. The van der Waals surface area contributed by atoms with E-state index in [4.69, 9.17) is 19.2 Å². The van der Waals surface area contributed by atoms with E-state index in [1.807, 2.05) is 54.6 Å². The summed E-state index contributed by atoms with van der Waals surface area (Å²) in [4.78, 5) is 30.6. The lowest BCUT2D eigenvalue weighted by Crippen LogP contribution is -2.35. The molecule has 1 aliphatic carbocycles. The van der Waals surface area contributed by atoms with Crippen molar-refractivity contribution in [1.82, 2.24) is 9.88 Å². The van der Waals surface area contributed by atoms with Crippen molar-refractivity contribution in [1.29, 1.82) is 0 Å². The molecule has 1 N–H and O–H groups in total. The summed E-state index contributed by atoms with van der Waals surface area (Å²) in [5.41, 5.74) is 1.87. The van der Waals surface area contributed by atoms with Crippen LogP contribution in [0.4, 0.5) is 4.79 Å². The fourth-order valence-electron chi connectivity index (χ4n) is 4.84. The Labute approximate surface area is 215 Å². The van der Waals surface area contributed by atoms with Crippen molar-refractivity contribution >= 4 is 23.0 Å². The highest BCUT2D eigenvalue weighted by molar-refractivity contribution is 5.89. The molecule has 2 heterocycles. The normalized spacial score (nSPS) is 21.9. The number of aromatic nitrogens is 1. The second kappa shape index (κ2) is 9.10. The third-order valence-corrected chi connectivity index (χ3v) is 6.69. The number of likely N-dealkylation sites (tertiary alicyclic amines) is 1. The number of benzene rings is 2. The van der Waals surface area contributed by atoms with Gasteiger partial charge in [-0.3, -0.25) is 4.90 Å². The molecule has 1 amide bonds. The summed E-state index contributed by atoms with van der Waals surface area (Å²) in [6, 6.07) is 17.5. The van der Waals surface area contributed by atoms with Gasteiger partial charge in [0, 0.05) is 46.8 Å². The van der Waals surface area contributed by atoms with Crippen molar-refractivity contribution in [3.8, 4) is 22.8 Å². The van der Waals surface area contributed by atoms with E-state index in [9.17, 15) is 14.7 Å². The number of carbonyl (C=O) groups excluding carboxylic acids is 1. The average Bonchev–Trinajstić information content (AvgIpc) is 3.37. The van der Waals surface area contributed by atoms with Crippen molar-refractivity contribution in [2.75, 3.05) is 13.7 Å². The largest absolute Gasteiger partial charge is 0.497 e. The Morgan fingerprint density at radius 1 is 1.14 bits per heavy atom. The number of methoxy groups -OCH3 is 1. The van der Waals surface area contributed by atoms with E-state index < -0.39 is 17.7 Å². The van der Waals surface area contributed by atoms with Gasteiger partial charge >= 0.3 is 12.1 Å². The maximum absolute atomic E-state index is 12.9. The van der Waals surface area contributed by atoms with Gasteiger partial charge in [-0.05, 0) is 45.7 Å². The zero-order valence-electron chi connectivity index (χ0n) is 21.4. The summed E-state index contributed by atoms with van der Waals surface area (Å²) >= 11 is 0. The fourth-order valence-corrected chi connectivity index (χ4v) is 4.84. The molecule has 0 radical (unpaired) electrons. The first-order chi connectivity index (χ1) is 17.6. The van der Waals surface area contributed by atoms with Crippen LogP contribution in [0.25, 0.3) is 22.2 Å². The Hall–Kier alpha value is -4.07. The minimum Gasteiger partial charge on any atom is -0.497 e. The number of aliphatic carboxylic acids is 1. The molecule has 2 atom stereocenters. The number of rotatable bonds is 5. The van der Waals surface area contributed by atoms with E-state index in [1.54, 1.807) is 27.9 Å². The minimum atomic E-state index is -1.10. The first-order valence-corrected chi connectivity index (χ1v) is 12.2. The Morgan fingerprint density at radius 2 is 1.89 bits per heavy atom. The van der Waals surface area contributed by atoms with E-state index >= 15 is 0 Å². The zero-order valence-corrected chi connectivity index (χ0v) is 21.4. The van der Waals surface area contributed by atoms with Gasteiger partial charge in [0.2, 0.25) is 0 Å². The highest BCUT2D eigenvalue weighted by atomic mass is 16.6. The molecule has 5 rings (SSSR count). The molecule has 2 unspecified atom stereocenters. The molecular formula is C29H30N2O6. The van der Waals surface area contributed by atoms with Gasteiger partial charge in [0.15, 0.2) is 0 Å². The van der Waals surface area contributed by atoms with Crippen LogP contribution >= 0.6 is 0 Å². The molecule has 2 aromatic carbocycles. The smallest absolute Gasteiger partial charge is 0.414 e. The number of pyridine rings is 1. The van der Waals surface area contributed by atoms with Crippen molar-refractivity contribution in [3.63, 3.8) is 0 Å². The van der Waals surface area contributed by atoms with Crippen molar-refractivity contribution < 1.29 is 28.9 Å². The number of fused-ring (bicyclic) bond motifs is 1. The van der Waals surface area contributed by atoms with Crippen LogP contribution in [-0.2, 0) is 9.53 Å². The molecule has 3 aromatic rings. The van der Waals surface area contributed by atoms with Gasteiger partial charge in [0.1, 0.15) is 23.2 Å². The predicted octanol–water partition coefficient (Wildman–Crippen LogP) is 5.66. The van der Waals surface area contributed by atoms with Gasteiger partial charge in [-0.1, -0.05) is 30.3 Å². The van der Waals surface area contributed by atoms with E-state index in [0.717, 1.165) is 28.2 Å². The Morgan fingerprint density at radius 3 is 2.57 bits per heavy atom. The minimum absolute atomic E-state index is 0.187. The number of nitrogens with zero attached hydrogens (tertiary/aromatic N) is 2. The Kier molecular flexibility index (Phi) is 6.06. The standard InChI is InChI=1S/C29H30N2O6/c1-28(2,3)37-27(34)31-17-29(15-19(31)12-26(32)33)16-25(29)36-24-14-22(18-8-6-5-7-9-18)30-23-13-20(35-4)10-11-21(23)24/h5-14,25H,15-17H2,1-4H3,(H,32,33)/b19-12+. The van der Waals surface area contributed by atoms with Gasteiger partial charge in [-0.2, -0.15) is 0 Å². The Bertz CT molecular complexity index is 1390. The van der Waals surface area contributed by atoms with Crippen LogP contribution in [0, 0.1) is 5.41 Å². The van der Waals surface area contributed by atoms with E-state index in [-0.39, 0.29) is 11.5 Å². The van der Waals surface area contributed by atoms with E-state index in [0.29, 0.717) is 36.6 Å². The molecular weight excluding hydrogens is 472 g/mol. The lowest BCUT2D eigenvalue weighted by molar-refractivity contribution is -0.131. The Balaban J connectivity index is 1.46. The summed E-state index contributed by atoms with van der Waals surface area (Å²) in [6.07, 6.45) is 1.48. The van der Waals surface area contributed by atoms with Crippen LogP contribution < -0.4 is 9.47 Å². The molecule has 0 bridgehead atoms. The number of ether oxygens (including phenoxy) is 3. The molecule has 8 heteroatoms. The number of amides is 1. The number of carbonyl (C=O) groups is 2. The SMILES string of the molecule is COc1ccc2c(OC3CC34C/C(=C\C(=O)O)N(C(=O)OC(C)(C)C)C4)cc(-c3ccccc3)nc2c1. The van der Waals surface area contributed by atoms with Gasteiger partial charge in [-0.15, -0.1) is 0 Å². The third kappa shape index (κ3) is 5.09. The highest BCUT2D eigenvalue weighted by Crippen LogP contribution is 2.58. The van der Waals surface area contributed by atoms with Gasteiger partial charge in [-0.25, -0.2) is 14.6 Å². The number of carboxylic acids is 1. The van der Waals surface area contributed by atoms with Crippen LogP contribution in [0.3, 0.4) is 0 Å². The van der Waals surface area contributed by atoms with Gasteiger partial charge < -0.3 is 19.3 Å². The number of allylic oxidation sites excluding steroid dienone is 1. The fraction of sp³-hybridized carbons (Fsp3) is 0.345. The summed E-state index contributed by atoms with van der Waals surface area (Å²) in [5, 5.41) is 10.2. The monoisotopic (exact) mass is 502 g/mol. The molecule has 192 valence electrons. The van der Waals surface area contributed by atoms with Gasteiger partial charge in [0.05, 0.1) is 18.3 Å². The third-order valence-electron chi connectivity index (χ3n) is 6.69. The molecule has 1 saturated carbocycles. The van der Waals surface area contributed by atoms with Crippen molar-refractivity contribution in [2.24, 2.45) is 5.41 Å². The number of carboxylic acid groups (broad SMARTS) is 1. The highest BCUT2D eigenvalue weighted by Gasteiger charge is 2.62. The van der Waals surface area contributed by atoms with Crippen LogP contribution in [0.5, 0.6) is 11.5 Å². The van der Waals surface area contributed by atoms with E-state index in [1.165, 1.54) is 4.90 Å². The molecule has 1 aliphatic heterocycles. The van der Waals surface area contributed by atoms with Crippen molar-refractivity contribution in [2.45, 2.75) is 45.3 Å². The average molecular weight is 503 g/mol. The molecule has 2 fully saturated rings. The second-order valence-electron chi connectivity index (χ2n) is 10.6. The van der Waals surface area contributed by atoms with Crippen LogP contribution in [-0.4, -0.2) is 52.4 Å². The molecule has 37 heavy (non-hydrogen) atoms. The lowest BCUT2D eigenvalue weighted by Gasteiger charge is -2.25. The van der Waals surface area contributed by atoms with Crippen LogP contribution in [0.1, 0.15) is 33.6 Å². The first kappa shape index (κ1) is 24.6. The summed E-state index contributed by atoms with van der Waals surface area (Å²) < 4.78 is 17.5. The van der Waals surface area contributed by atoms with Gasteiger partial charge in [0.25, 0.3) is 0 Å². The molecule has 2 aliphatic rings. The molecule has 1 saturated heterocycles. The molecule has 1 spiro atoms. The van der Waals surface area contributed by atoms with Crippen LogP contribution in [0.2, 0.25) is 0 Å². The first-order valence-electron chi connectivity index (χ1n) is 12.2. The molecule has 1 aromatic heterocycles. The maximum Gasteiger partial charge on any atom is 0.414 e. The number of hydrogen-bond acceptors (Lipinski definition) is 6. The number of hydrogen-bond donors (Lipinski definition) is 1. The van der Waals surface area contributed by atoms with E-state index in [2.05, 4.69) is 0 Å². The second-order valence-corrected chi connectivity index (χ2v) is 10.6.